The molecule has 16 heavy (non-hydrogen) atoms. The molecule has 0 N–H and O–H groups in total. The van der Waals surface area contributed by atoms with Gasteiger partial charge in [-0.25, -0.2) is 0 Å². The highest BCUT2D eigenvalue weighted by Crippen LogP contribution is 2.16. The molecule has 4 heteroatoms. The van der Waals surface area contributed by atoms with Crippen LogP contribution in [0, 0.1) is 0 Å². The number of nitrogens with zero attached hydrogens (tertiary/aromatic N) is 2. The number of hydrogen-bond acceptors (Lipinski definition) is 2. The molecule has 1 amide bonds. The summed E-state index contributed by atoms with van der Waals surface area (Å²) in [5.74, 6) is 0.201. The molecule has 1 atom stereocenters. The Hall–Kier alpha value is -0.280. The lowest BCUT2D eigenvalue weighted by atomic mass is 10.2. The van der Waals surface area contributed by atoms with Crippen molar-refractivity contribution in [1.29, 1.82) is 0 Å². The van der Waals surface area contributed by atoms with Gasteiger partial charge in [-0.15, -0.1) is 11.6 Å². The van der Waals surface area contributed by atoms with Crippen molar-refractivity contribution in [3.05, 3.63) is 0 Å². The summed E-state index contributed by atoms with van der Waals surface area (Å²) in [5.41, 5.74) is 0. The van der Waals surface area contributed by atoms with Crippen LogP contribution in [0.3, 0.4) is 0 Å². The molecule has 0 spiro atoms. The smallest absolute Gasteiger partial charge is 0.224 e. The summed E-state index contributed by atoms with van der Waals surface area (Å²) < 4.78 is 0. The van der Waals surface area contributed by atoms with E-state index in [0.29, 0.717) is 25.0 Å². The largest absolute Gasteiger partial charge is 0.340 e. The Kier molecular flexibility index (Phi) is 5.06. The first kappa shape index (κ1) is 13.8. The standard InChI is InChI=1S/C12H23ClN2O/c1-9(2)15(10(3)4)6-5-14-8-11(13)7-12(14)16/h9-11H,5-8H2,1-4H3. The number of likely N-dealkylation sites (tertiary alicyclic amines) is 1. The Morgan fingerprint density at radius 2 is 1.94 bits per heavy atom. The molecule has 0 saturated carbocycles. The molecule has 0 aromatic carbocycles. The third-order valence-electron chi connectivity index (χ3n) is 3.12. The van der Waals surface area contributed by atoms with Crippen molar-refractivity contribution in [3.63, 3.8) is 0 Å². The van der Waals surface area contributed by atoms with Crippen molar-refractivity contribution in [2.24, 2.45) is 0 Å². The van der Waals surface area contributed by atoms with Crippen molar-refractivity contribution < 1.29 is 4.79 Å². The van der Waals surface area contributed by atoms with E-state index in [4.69, 9.17) is 11.6 Å². The summed E-state index contributed by atoms with van der Waals surface area (Å²) in [5, 5.41) is 0.0130. The maximum absolute atomic E-state index is 11.6. The van der Waals surface area contributed by atoms with Crippen LogP contribution in [0.5, 0.6) is 0 Å². The lowest BCUT2D eigenvalue weighted by Crippen LogP contribution is -2.43. The first-order valence-corrected chi connectivity index (χ1v) is 6.53. The number of halogens is 1. The summed E-state index contributed by atoms with van der Waals surface area (Å²) >= 11 is 5.97. The Morgan fingerprint density at radius 1 is 1.38 bits per heavy atom. The van der Waals surface area contributed by atoms with E-state index in [9.17, 15) is 4.79 Å². The number of amides is 1. The van der Waals surface area contributed by atoms with Crippen molar-refractivity contribution >= 4 is 17.5 Å². The van der Waals surface area contributed by atoms with Gasteiger partial charge in [0.25, 0.3) is 0 Å². The fraction of sp³-hybridized carbons (Fsp3) is 0.917. The predicted octanol–water partition coefficient (Wildman–Crippen LogP) is 1.94. The molecule has 1 unspecified atom stereocenters. The summed E-state index contributed by atoms with van der Waals surface area (Å²) in [4.78, 5) is 15.8. The lowest BCUT2D eigenvalue weighted by Gasteiger charge is -2.32. The molecule has 0 radical (unpaired) electrons. The number of carbonyl (C=O) groups excluding carboxylic acids is 1. The van der Waals surface area contributed by atoms with Gasteiger partial charge in [0, 0.05) is 38.1 Å². The van der Waals surface area contributed by atoms with E-state index < -0.39 is 0 Å². The van der Waals surface area contributed by atoms with Crippen LogP contribution in [0.1, 0.15) is 34.1 Å². The Morgan fingerprint density at radius 3 is 2.31 bits per heavy atom. The van der Waals surface area contributed by atoms with Crippen LogP contribution >= 0.6 is 11.6 Å². The normalized spacial score (nSPS) is 21.9. The lowest BCUT2D eigenvalue weighted by molar-refractivity contribution is -0.128. The summed E-state index contributed by atoms with van der Waals surface area (Å²) in [6, 6.07) is 1.04. The molecule has 0 aromatic rings. The Labute approximate surface area is 104 Å². The highest BCUT2D eigenvalue weighted by molar-refractivity contribution is 6.22. The zero-order chi connectivity index (χ0) is 12.3. The molecule has 0 bridgehead atoms. The fourth-order valence-electron chi connectivity index (χ4n) is 2.29. The highest BCUT2D eigenvalue weighted by Gasteiger charge is 2.28. The molecule has 3 nitrogen and oxygen atoms in total. The van der Waals surface area contributed by atoms with E-state index in [0.717, 1.165) is 13.1 Å². The molecule has 1 saturated heterocycles. The van der Waals surface area contributed by atoms with Gasteiger partial charge in [0.05, 0.1) is 5.38 Å². The van der Waals surface area contributed by atoms with E-state index in [1.807, 2.05) is 4.90 Å². The second-order valence-electron chi connectivity index (χ2n) is 5.07. The van der Waals surface area contributed by atoms with Gasteiger partial charge in [0.15, 0.2) is 0 Å². The number of rotatable bonds is 5. The number of alkyl halides is 1. The molecular formula is C12H23ClN2O. The molecule has 1 rings (SSSR count). The first-order valence-electron chi connectivity index (χ1n) is 6.09. The molecular weight excluding hydrogens is 224 g/mol. The van der Waals surface area contributed by atoms with Gasteiger partial charge < -0.3 is 4.90 Å². The monoisotopic (exact) mass is 246 g/mol. The van der Waals surface area contributed by atoms with Gasteiger partial charge in [-0.2, -0.15) is 0 Å². The van der Waals surface area contributed by atoms with Gasteiger partial charge in [-0.05, 0) is 27.7 Å². The quantitative estimate of drug-likeness (QED) is 0.693. The SMILES string of the molecule is CC(C)N(CCN1CC(Cl)CC1=O)C(C)C. The van der Waals surface area contributed by atoms with Crippen molar-refractivity contribution in [1.82, 2.24) is 9.80 Å². The van der Waals surface area contributed by atoms with E-state index in [-0.39, 0.29) is 11.3 Å². The number of carbonyl (C=O) groups is 1. The number of hydrogen-bond donors (Lipinski definition) is 0. The van der Waals surface area contributed by atoms with E-state index in [1.54, 1.807) is 0 Å². The maximum Gasteiger partial charge on any atom is 0.224 e. The van der Waals surface area contributed by atoms with Crippen LogP contribution in [0.2, 0.25) is 0 Å². The fourth-order valence-corrected chi connectivity index (χ4v) is 2.59. The zero-order valence-electron chi connectivity index (χ0n) is 10.7. The van der Waals surface area contributed by atoms with Gasteiger partial charge in [-0.3, -0.25) is 9.69 Å². The molecule has 1 heterocycles. The van der Waals surface area contributed by atoms with Crippen LogP contribution in [-0.4, -0.2) is 52.8 Å². The molecule has 1 aliphatic rings. The second-order valence-corrected chi connectivity index (χ2v) is 5.68. The third-order valence-corrected chi connectivity index (χ3v) is 3.41. The average Bonchev–Trinajstić information content (AvgIpc) is 2.44. The summed E-state index contributed by atoms with van der Waals surface area (Å²) in [6.07, 6.45) is 0.505. The molecule has 1 aliphatic heterocycles. The molecule has 1 fully saturated rings. The first-order chi connectivity index (χ1) is 7.41. The Balaban J connectivity index is 2.41. The van der Waals surface area contributed by atoms with Crippen LogP contribution in [0.4, 0.5) is 0 Å². The minimum atomic E-state index is 0.0130. The van der Waals surface area contributed by atoms with Gasteiger partial charge in [0.2, 0.25) is 5.91 Å². The van der Waals surface area contributed by atoms with E-state index >= 15 is 0 Å². The second kappa shape index (κ2) is 5.87. The van der Waals surface area contributed by atoms with E-state index in [2.05, 4.69) is 32.6 Å². The van der Waals surface area contributed by atoms with Crippen LogP contribution in [0.25, 0.3) is 0 Å². The average molecular weight is 247 g/mol. The maximum atomic E-state index is 11.6. The molecule has 0 aromatic heterocycles. The van der Waals surface area contributed by atoms with Crippen molar-refractivity contribution in [2.45, 2.75) is 51.6 Å². The molecule has 0 aliphatic carbocycles. The minimum Gasteiger partial charge on any atom is -0.340 e. The topological polar surface area (TPSA) is 23.6 Å². The van der Waals surface area contributed by atoms with Crippen molar-refractivity contribution in [3.8, 4) is 0 Å². The predicted molar refractivity (Wildman–Crippen MR) is 67.8 cm³/mol. The Bertz CT molecular complexity index is 235. The summed E-state index contributed by atoms with van der Waals surface area (Å²) in [6.45, 7) is 11.2. The van der Waals surface area contributed by atoms with Crippen LogP contribution in [0.15, 0.2) is 0 Å². The van der Waals surface area contributed by atoms with Gasteiger partial charge >= 0.3 is 0 Å². The minimum absolute atomic E-state index is 0.0130. The van der Waals surface area contributed by atoms with Crippen molar-refractivity contribution in [2.75, 3.05) is 19.6 Å². The highest BCUT2D eigenvalue weighted by atomic mass is 35.5. The van der Waals surface area contributed by atoms with Crippen LogP contribution < -0.4 is 0 Å². The summed E-state index contributed by atoms with van der Waals surface area (Å²) in [7, 11) is 0. The van der Waals surface area contributed by atoms with Gasteiger partial charge in [0.1, 0.15) is 0 Å². The third kappa shape index (κ3) is 3.63. The van der Waals surface area contributed by atoms with Gasteiger partial charge in [-0.1, -0.05) is 0 Å². The van der Waals surface area contributed by atoms with E-state index in [1.165, 1.54) is 0 Å². The van der Waals surface area contributed by atoms with Crippen LogP contribution in [-0.2, 0) is 4.79 Å². The molecule has 94 valence electrons. The zero-order valence-corrected chi connectivity index (χ0v) is 11.5.